The van der Waals surface area contributed by atoms with Crippen molar-refractivity contribution in [2.24, 2.45) is 0 Å². The maximum absolute atomic E-state index is 13.0. The lowest BCUT2D eigenvalue weighted by Gasteiger charge is -2.31. The second kappa shape index (κ2) is 9.41. The van der Waals surface area contributed by atoms with Gasteiger partial charge in [0.2, 0.25) is 0 Å². The summed E-state index contributed by atoms with van der Waals surface area (Å²) in [6.45, 7) is 11.5. The van der Waals surface area contributed by atoms with Crippen LogP contribution in [0.4, 0.5) is 0 Å². The Morgan fingerprint density at radius 3 is 2.45 bits per heavy atom. The first kappa shape index (κ1) is 20.6. The third-order valence-electron chi connectivity index (χ3n) is 5.11. The number of hydrogen-bond donors (Lipinski definition) is 0. The first-order valence-electron chi connectivity index (χ1n) is 10.1. The van der Waals surface area contributed by atoms with Crippen molar-refractivity contribution in [3.63, 3.8) is 0 Å². The number of nitrogens with zero attached hydrogens (tertiary/aromatic N) is 3. The van der Waals surface area contributed by atoms with Gasteiger partial charge in [0.25, 0.3) is 5.56 Å². The van der Waals surface area contributed by atoms with E-state index in [1.807, 2.05) is 51.1 Å². The fourth-order valence-corrected chi connectivity index (χ4v) is 3.68. The Bertz CT molecular complexity index is 1060. The Balaban J connectivity index is 1.83. The van der Waals surface area contributed by atoms with Crippen molar-refractivity contribution in [1.82, 2.24) is 14.5 Å². The predicted octanol–water partition coefficient (Wildman–Crippen LogP) is 2.68. The summed E-state index contributed by atoms with van der Waals surface area (Å²) in [7, 11) is 0. The zero-order chi connectivity index (χ0) is 20.8. The summed E-state index contributed by atoms with van der Waals surface area (Å²) in [5.41, 5.74) is 0.673. The van der Waals surface area contributed by atoms with E-state index >= 15 is 0 Å². The summed E-state index contributed by atoms with van der Waals surface area (Å²) in [6.07, 6.45) is 11.6. The zero-order valence-electron chi connectivity index (χ0n) is 17.5. The van der Waals surface area contributed by atoms with E-state index in [1.165, 1.54) is 0 Å². The van der Waals surface area contributed by atoms with Crippen molar-refractivity contribution < 1.29 is 4.74 Å². The number of benzene rings is 1. The van der Waals surface area contributed by atoms with E-state index in [4.69, 9.17) is 4.74 Å². The van der Waals surface area contributed by atoms with Crippen LogP contribution in [0.3, 0.4) is 0 Å². The van der Waals surface area contributed by atoms with Gasteiger partial charge in [-0.1, -0.05) is 24.8 Å². The molecule has 0 atom stereocenters. The lowest BCUT2D eigenvalue weighted by atomic mass is 10.1. The highest BCUT2D eigenvalue weighted by molar-refractivity contribution is 5.41. The molecule has 0 unspecified atom stereocenters. The lowest BCUT2D eigenvalue weighted by Crippen LogP contribution is -2.47. The molecule has 0 spiro atoms. The molecule has 0 N–H and O–H groups in total. The standard InChI is InChI=1S/C24H29N3O2/c1-5-8-22-23(7-3)25-18(4)27(24(22)28)19-9-11-20(12-10-19)29-21-13-16-26(15-6-2)17-14-21/h5-12,15,21H,1,13-14,16-17H2,2-4H3/b15-6+,22-8+,23-7+. The van der Waals surface area contributed by atoms with Crippen LogP contribution in [0.15, 0.2) is 54.0 Å². The Kier molecular flexibility index (Phi) is 6.70. The first-order valence-corrected chi connectivity index (χ1v) is 10.1. The van der Waals surface area contributed by atoms with E-state index < -0.39 is 0 Å². The van der Waals surface area contributed by atoms with Crippen LogP contribution in [-0.2, 0) is 0 Å². The van der Waals surface area contributed by atoms with Gasteiger partial charge in [0, 0.05) is 25.9 Å². The van der Waals surface area contributed by atoms with Crippen LogP contribution in [0.2, 0.25) is 0 Å². The highest BCUT2D eigenvalue weighted by atomic mass is 16.5. The molecule has 2 heterocycles. The van der Waals surface area contributed by atoms with Gasteiger partial charge < -0.3 is 9.64 Å². The highest BCUT2D eigenvalue weighted by Gasteiger charge is 2.18. The molecule has 0 amide bonds. The lowest BCUT2D eigenvalue weighted by molar-refractivity contribution is 0.123. The molecule has 0 aliphatic carbocycles. The molecule has 0 saturated carbocycles. The van der Waals surface area contributed by atoms with Crippen LogP contribution in [-0.4, -0.2) is 33.6 Å². The van der Waals surface area contributed by atoms with Crippen LogP contribution in [0, 0.1) is 6.92 Å². The van der Waals surface area contributed by atoms with Crippen molar-refractivity contribution in [1.29, 1.82) is 0 Å². The van der Waals surface area contributed by atoms with Crippen LogP contribution in [0.1, 0.15) is 32.5 Å². The Labute approximate surface area is 172 Å². The highest BCUT2D eigenvalue weighted by Crippen LogP contribution is 2.20. The van der Waals surface area contributed by atoms with Gasteiger partial charge in [-0.15, -0.1) is 0 Å². The zero-order valence-corrected chi connectivity index (χ0v) is 17.5. The summed E-state index contributed by atoms with van der Waals surface area (Å²) in [6, 6.07) is 7.67. The molecule has 1 aliphatic heterocycles. The number of hydrogen-bond acceptors (Lipinski definition) is 4. The fourth-order valence-electron chi connectivity index (χ4n) is 3.68. The molecule has 1 aromatic carbocycles. The summed E-state index contributed by atoms with van der Waals surface area (Å²) in [5.74, 6) is 1.47. The van der Waals surface area contributed by atoms with Gasteiger partial charge in [-0.25, -0.2) is 4.98 Å². The normalized spacial score (nSPS) is 16.6. The molecule has 0 radical (unpaired) electrons. The molecule has 3 rings (SSSR count). The molecule has 2 aromatic rings. The number of piperidine rings is 1. The van der Waals surface area contributed by atoms with Crippen molar-refractivity contribution in [2.75, 3.05) is 13.1 Å². The van der Waals surface area contributed by atoms with Gasteiger partial charge in [-0.3, -0.25) is 9.36 Å². The summed E-state index contributed by atoms with van der Waals surface area (Å²) in [4.78, 5) is 19.9. The molecule has 29 heavy (non-hydrogen) atoms. The van der Waals surface area contributed by atoms with E-state index in [0.29, 0.717) is 16.4 Å². The third-order valence-corrected chi connectivity index (χ3v) is 5.11. The number of allylic oxidation sites excluding steroid dienone is 2. The number of rotatable bonds is 5. The van der Waals surface area contributed by atoms with Crippen LogP contribution in [0.5, 0.6) is 5.75 Å². The maximum Gasteiger partial charge on any atom is 0.265 e. The Morgan fingerprint density at radius 2 is 1.86 bits per heavy atom. The number of aromatic nitrogens is 2. The molecule has 1 fully saturated rings. The molecule has 1 aliphatic rings. The van der Waals surface area contributed by atoms with Crippen molar-refractivity contribution in [3.05, 3.63) is 75.9 Å². The number of likely N-dealkylation sites (tertiary alicyclic amines) is 1. The quantitative estimate of drug-likeness (QED) is 0.786. The number of aryl methyl sites for hydroxylation is 1. The van der Waals surface area contributed by atoms with Gasteiger partial charge >= 0.3 is 0 Å². The summed E-state index contributed by atoms with van der Waals surface area (Å²) in [5, 5.41) is 1.22. The monoisotopic (exact) mass is 391 g/mol. The number of ether oxygens (including phenoxy) is 1. The van der Waals surface area contributed by atoms with Crippen molar-refractivity contribution >= 4 is 12.2 Å². The second-order valence-electron chi connectivity index (χ2n) is 7.12. The topological polar surface area (TPSA) is 47.4 Å². The first-order chi connectivity index (χ1) is 14.1. The average Bonchev–Trinajstić information content (AvgIpc) is 2.73. The Morgan fingerprint density at radius 1 is 1.17 bits per heavy atom. The minimum absolute atomic E-state index is 0.101. The molecule has 1 aromatic heterocycles. The van der Waals surface area contributed by atoms with E-state index in [0.717, 1.165) is 37.4 Å². The van der Waals surface area contributed by atoms with E-state index in [2.05, 4.69) is 28.7 Å². The molecular weight excluding hydrogens is 362 g/mol. The molecule has 152 valence electrons. The van der Waals surface area contributed by atoms with E-state index in [1.54, 1.807) is 16.7 Å². The van der Waals surface area contributed by atoms with Crippen LogP contribution >= 0.6 is 0 Å². The molecular formula is C24H29N3O2. The van der Waals surface area contributed by atoms with Gasteiger partial charge in [-0.05, 0) is 57.3 Å². The predicted molar refractivity (Wildman–Crippen MR) is 119 cm³/mol. The van der Waals surface area contributed by atoms with Gasteiger partial charge in [0.1, 0.15) is 17.7 Å². The van der Waals surface area contributed by atoms with E-state index in [-0.39, 0.29) is 11.7 Å². The molecule has 0 bridgehead atoms. The van der Waals surface area contributed by atoms with E-state index in [9.17, 15) is 4.79 Å². The molecule has 5 nitrogen and oxygen atoms in total. The summed E-state index contributed by atoms with van der Waals surface area (Å²) >= 11 is 0. The van der Waals surface area contributed by atoms with Crippen molar-refractivity contribution in [3.8, 4) is 11.4 Å². The molecule has 1 saturated heterocycles. The molecule has 5 heteroatoms. The van der Waals surface area contributed by atoms with Crippen LogP contribution < -0.4 is 20.9 Å². The van der Waals surface area contributed by atoms with Gasteiger partial charge in [-0.2, -0.15) is 0 Å². The van der Waals surface area contributed by atoms with Gasteiger partial charge in [0.05, 0.1) is 16.3 Å². The minimum atomic E-state index is -0.101. The average molecular weight is 392 g/mol. The minimum Gasteiger partial charge on any atom is -0.490 e. The summed E-state index contributed by atoms with van der Waals surface area (Å²) < 4.78 is 7.78. The van der Waals surface area contributed by atoms with Crippen LogP contribution in [0.25, 0.3) is 17.8 Å². The Hall–Kier alpha value is -3.08. The SMILES string of the molecule is C=C/C=c1/c(=O)n(-c2ccc(OC3CCN(/C=C/C)CC3)cc2)c(C)n/c1=C/C. The largest absolute Gasteiger partial charge is 0.490 e. The smallest absolute Gasteiger partial charge is 0.265 e. The second-order valence-corrected chi connectivity index (χ2v) is 7.12. The fraction of sp³-hybridized carbons (Fsp3) is 0.333. The van der Waals surface area contributed by atoms with Crippen molar-refractivity contribution in [2.45, 2.75) is 39.7 Å². The third kappa shape index (κ3) is 4.67. The van der Waals surface area contributed by atoms with Gasteiger partial charge in [0.15, 0.2) is 0 Å². The maximum atomic E-state index is 13.0.